The summed E-state index contributed by atoms with van der Waals surface area (Å²) in [6.07, 6.45) is 1.62. The van der Waals surface area contributed by atoms with Crippen molar-refractivity contribution >= 4 is 16.7 Å². The minimum absolute atomic E-state index is 0.618. The number of rotatable bonds is 0. The lowest BCUT2D eigenvalue weighted by atomic mass is 10.2. The Labute approximate surface area is 63.9 Å². The second-order valence-corrected chi connectivity index (χ2v) is 2.25. The highest BCUT2D eigenvalue weighted by atomic mass is 16.3. The highest BCUT2D eigenvalue weighted by molar-refractivity contribution is 5.80. The van der Waals surface area contributed by atoms with Gasteiger partial charge in [-0.3, -0.25) is 0 Å². The molecule has 2 aromatic rings. The van der Waals surface area contributed by atoms with E-state index in [0.29, 0.717) is 5.69 Å². The first-order valence-corrected chi connectivity index (χ1v) is 3.25. The summed E-state index contributed by atoms with van der Waals surface area (Å²) in [7, 11) is 0. The zero-order valence-electron chi connectivity index (χ0n) is 5.74. The Hall–Kier alpha value is -1.75. The van der Waals surface area contributed by atoms with E-state index in [1.807, 2.05) is 12.1 Å². The summed E-state index contributed by atoms with van der Waals surface area (Å²) in [5.74, 6) is 0. The molecule has 0 saturated carbocycles. The molecule has 0 unspecified atom stereocenters. The molecular weight excluding hydrogens is 138 g/mol. The van der Waals surface area contributed by atoms with Crippen molar-refractivity contribution < 1.29 is 4.42 Å². The minimum atomic E-state index is 0.618. The minimum Gasteiger partial charge on any atom is -0.466 e. The van der Waals surface area contributed by atoms with Gasteiger partial charge in [0.15, 0.2) is 5.69 Å². The van der Waals surface area contributed by atoms with Crippen LogP contribution < -0.4 is 0 Å². The van der Waals surface area contributed by atoms with Gasteiger partial charge in [0, 0.05) is 5.39 Å². The maximum absolute atomic E-state index is 6.76. The summed E-state index contributed by atoms with van der Waals surface area (Å²) in [6.45, 7) is 6.76. The van der Waals surface area contributed by atoms with Gasteiger partial charge in [0.25, 0.3) is 0 Å². The van der Waals surface area contributed by atoms with E-state index in [1.165, 1.54) is 0 Å². The lowest BCUT2D eigenvalue weighted by Gasteiger charge is -1.87. The molecule has 0 fully saturated rings. The van der Waals surface area contributed by atoms with Crippen molar-refractivity contribution in [1.82, 2.24) is 0 Å². The lowest BCUT2D eigenvalue weighted by Crippen LogP contribution is -1.61. The molecule has 1 aromatic heterocycles. The molecule has 1 heterocycles. The fraction of sp³-hybridized carbons (Fsp3) is 0. The van der Waals surface area contributed by atoms with Gasteiger partial charge in [0.1, 0.15) is 5.58 Å². The highest BCUT2D eigenvalue weighted by Crippen LogP contribution is 2.21. The molecule has 2 rings (SSSR count). The third-order valence-electron chi connectivity index (χ3n) is 1.57. The number of nitrogens with zero attached hydrogens (tertiary/aromatic N) is 1. The predicted octanol–water partition coefficient (Wildman–Crippen LogP) is 2.98. The molecule has 0 N–H and O–H groups in total. The molecule has 0 aliphatic heterocycles. The molecule has 52 valence electrons. The Kier molecular flexibility index (Phi) is 1.16. The molecule has 11 heavy (non-hydrogen) atoms. The topological polar surface area (TPSA) is 17.5 Å². The molecule has 0 aliphatic rings. The monoisotopic (exact) mass is 143 g/mol. The van der Waals surface area contributed by atoms with E-state index >= 15 is 0 Å². The van der Waals surface area contributed by atoms with Gasteiger partial charge in [0.05, 0.1) is 12.8 Å². The average Bonchev–Trinajstić information content (AvgIpc) is 2.50. The van der Waals surface area contributed by atoms with Crippen LogP contribution in [0.15, 0.2) is 34.9 Å². The number of furan rings is 1. The van der Waals surface area contributed by atoms with Crippen LogP contribution in [0.25, 0.3) is 15.8 Å². The van der Waals surface area contributed by atoms with Crippen molar-refractivity contribution in [3.05, 3.63) is 41.9 Å². The first-order valence-electron chi connectivity index (χ1n) is 3.25. The van der Waals surface area contributed by atoms with Crippen molar-refractivity contribution in [1.29, 1.82) is 0 Å². The number of hydrogen-bond donors (Lipinski definition) is 0. The van der Waals surface area contributed by atoms with Gasteiger partial charge < -0.3 is 4.42 Å². The van der Waals surface area contributed by atoms with Crippen molar-refractivity contribution in [3.8, 4) is 0 Å². The second-order valence-electron chi connectivity index (χ2n) is 2.25. The summed E-state index contributed by atoms with van der Waals surface area (Å²) in [5.41, 5.74) is 1.39. The van der Waals surface area contributed by atoms with E-state index in [-0.39, 0.29) is 0 Å². The molecule has 0 amide bonds. The molecule has 1 aromatic carbocycles. The van der Waals surface area contributed by atoms with E-state index in [2.05, 4.69) is 4.85 Å². The van der Waals surface area contributed by atoms with E-state index in [1.54, 1.807) is 18.4 Å². The van der Waals surface area contributed by atoms with Gasteiger partial charge in [-0.05, 0) is 12.1 Å². The Bertz CT molecular complexity index is 422. The zero-order chi connectivity index (χ0) is 7.68. The summed E-state index contributed by atoms with van der Waals surface area (Å²) in [6, 6.07) is 7.28. The van der Waals surface area contributed by atoms with Gasteiger partial charge in [-0.25, -0.2) is 4.85 Å². The molecule has 0 atom stereocenters. The summed E-state index contributed by atoms with van der Waals surface area (Å²) >= 11 is 0. The summed E-state index contributed by atoms with van der Waals surface area (Å²) in [5, 5.41) is 1.04. The van der Waals surface area contributed by atoms with Crippen LogP contribution in [0.1, 0.15) is 0 Å². The van der Waals surface area contributed by atoms with Gasteiger partial charge >= 0.3 is 0 Å². The SMILES string of the molecule is [C-]#[N+]c1ccc2ccoc2c1. The molecular formula is C9H5NO. The van der Waals surface area contributed by atoms with Crippen LogP contribution in [0.4, 0.5) is 5.69 Å². The van der Waals surface area contributed by atoms with Crippen LogP contribution in [0.2, 0.25) is 0 Å². The van der Waals surface area contributed by atoms with Gasteiger partial charge in [-0.2, -0.15) is 0 Å². The van der Waals surface area contributed by atoms with E-state index < -0.39 is 0 Å². The molecule has 0 saturated heterocycles. The maximum Gasteiger partial charge on any atom is 0.190 e. The van der Waals surface area contributed by atoms with Gasteiger partial charge in [-0.15, -0.1) is 0 Å². The van der Waals surface area contributed by atoms with E-state index in [0.717, 1.165) is 11.0 Å². The Balaban J connectivity index is 2.79. The smallest absolute Gasteiger partial charge is 0.190 e. The van der Waals surface area contributed by atoms with Crippen molar-refractivity contribution in [2.75, 3.05) is 0 Å². The van der Waals surface area contributed by atoms with Crippen molar-refractivity contribution in [2.24, 2.45) is 0 Å². The number of fused-ring (bicyclic) bond motifs is 1. The molecule has 0 bridgehead atoms. The number of benzene rings is 1. The standard InChI is InChI=1S/C9H5NO/c1-10-8-3-2-7-4-5-11-9(7)6-8/h2-6H. The molecule has 2 nitrogen and oxygen atoms in total. The van der Waals surface area contributed by atoms with Crippen LogP contribution >= 0.6 is 0 Å². The van der Waals surface area contributed by atoms with Crippen LogP contribution in [0.5, 0.6) is 0 Å². The summed E-state index contributed by atoms with van der Waals surface area (Å²) < 4.78 is 5.12. The first-order chi connectivity index (χ1) is 5.40. The Morgan fingerprint density at radius 1 is 1.27 bits per heavy atom. The van der Waals surface area contributed by atoms with Gasteiger partial charge in [-0.1, -0.05) is 12.1 Å². The van der Waals surface area contributed by atoms with Crippen LogP contribution in [-0.4, -0.2) is 0 Å². The second kappa shape index (κ2) is 2.14. The first kappa shape index (κ1) is 5.99. The van der Waals surface area contributed by atoms with Crippen molar-refractivity contribution in [2.45, 2.75) is 0 Å². The fourth-order valence-corrected chi connectivity index (χ4v) is 1.01. The largest absolute Gasteiger partial charge is 0.466 e. The third-order valence-corrected chi connectivity index (χ3v) is 1.57. The zero-order valence-corrected chi connectivity index (χ0v) is 5.74. The highest BCUT2D eigenvalue weighted by Gasteiger charge is 1.96. The van der Waals surface area contributed by atoms with Crippen LogP contribution in [-0.2, 0) is 0 Å². The van der Waals surface area contributed by atoms with Gasteiger partial charge in [0.2, 0.25) is 0 Å². The van der Waals surface area contributed by atoms with E-state index in [9.17, 15) is 0 Å². The van der Waals surface area contributed by atoms with Crippen molar-refractivity contribution in [3.63, 3.8) is 0 Å². The van der Waals surface area contributed by atoms with Crippen LogP contribution in [0, 0.1) is 6.57 Å². The normalized spacial score (nSPS) is 9.73. The quantitative estimate of drug-likeness (QED) is 0.518. The molecule has 0 spiro atoms. The lowest BCUT2D eigenvalue weighted by molar-refractivity contribution is 0.616. The molecule has 0 radical (unpaired) electrons. The van der Waals surface area contributed by atoms with Crippen LogP contribution in [0.3, 0.4) is 0 Å². The predicted molar refractivity (Wildman–Crippen MR) is 42.5 cm³/mol. The summed E-state index contributed by atoms with van der Waals surface area (Å²) in [4.78, 5) is 3.29. The Morgan fingerprint density at radius 2 is 2.18 bits per heavy atom. The van der Waals surface area contributed by atoms with E-state index in [4.69, 9.17) is 11.0 Å². The Morgan fingerprint density at radius 3 is 3.00 bits per heavy atom. The molecule has 0 aliphatic carbocycles. The average molecular weight is 143 g/mol. The maximum atomic E-state index is 6.76. The molecule has 2 heteroatoms. The fourth-order valence-electron chi connectivity index (χ4n) is 1.01. The number of hydrogen-bond acceptors (Lipinski definition) is 1. The third kappa shape index (κ3) is 0.870.